The molecule has 1 unspecified atom stereocenters. The summed E-state index contributed by atoms with van der Waals surface area (Å²) in [6.07, 6.45) is 2.42. The average molecular weight is 328 g/mol. The number of hydrogen-bond donors (Lipinski definition) is 2. The van der Waals surface area contributed by atoms with Gasteiger partial charge in [-0.2, -0.15) is 20.1 Å². The zero-order valence-electron chi connectivity index (χ0n) is 11.3. The van der Waals surface area contributed by atoms with Crippen LogP contribution in [0.1, 0.15) is 30.0 Å². The maximum Gasteiger partial charge on any atom is 0.101 e. The predicted octanol–water partition coefficient (Wildman–Crippen LogP) is 0.850. The van der Waals surface area contributed by atoms with Gasteiger partial charge in [0.15, 0.2) is 0 Å². The Morgan fingerprint density at radius 2 is 2.21 bits per heavy atom. The van der Waals surface area contributed by atoms with E-state index in [2.05, 4.69) is 43.6 Å². The van der Waals surface area contributed by atoms with Crippen molar-refractivity contribution in [3.05, 3.63) is 27.8 Å². The van der Waals surface area contributed by atoms with Crippen LogP contribution in [-0.4, -0.2) is 24.8 Å². The molecule has 0 radical (unpaired) electrons. The highest BCUT2D eigenvalue weighted by Gasteiger charge is 2.20. The Labute approximate surface area is 120 Å². The van der Waals surface area contributed by atoms with Gasteiger partial charge in [-0.25, -0.2) is 0 Å². The lowest BCUT2D eigenvalue weighted by Crippen LogP contribution is -2.30. The lowest BCUT2D eigenvalue weighted by atomic mass is 10.1. The van der Waals surface area contributed by atoms with Crippen molar-refractivity contribution in [2.45, 2.75) is 32.9 Å². The molecule has 19 heavy (non-hydrogen) atoms. The Morgan fingerprint density at radius 1 is 1.47 bits per heavy atom. The first-order valence-electron chi connectivity index (χ1n) is 6.11. The lowest BCUT2D eigenvalue weighted by molar-refractivity contribution is 0.499. The molecule has 3 N–H and O–H groups in total. The molecular formula is C11H18BrN7. The summed E-state index contributed by atoms with van der Waals surface area (Å²) in [6, 6.07) is -0.0913. The van der Waals surface area contributed by atoms with E-state index in [9.17, 15) is 0 Å². The first-order valence-corrected chi connectivity index (χ1v) is 6.90. The highest BCUT2D eigenvalue weighted by Crippen LogP contribution is 2.25. The van der Waals surface area contributed by atoms with Crippen molar-refractivity contribution in [1.82, 2.24) is 30.2 Å². The minimum absolute atomic E-state index is 0.0913. The molecule has 0 saturated carbocycles. The predicted molar refractivity (Wildman–Crippen MR) is 75.1 cm³/mol. The number of nitrogens with two attached hydrogens (primary N) is 1. The van der Waals surface area contributed by atoms with Gasteiger partial charge in [-0.3, -0.25) is 16.0 Å². The van der Waals surface area contributed by atoms with Crippen molar-refractivity contribution >= 4 is 15.9 Å². The van der Waals surface area contributed by atoms with E-state index < -0.39 is 0 Å². The van der Waals surface area contributed by atoms with Gasteiger partial charge in [-0.1, -0.05) is 0 Å². The van der Waals surface area contributed by atoms with Gasteiger partial charge in [0.05, 0.1) is 28.1 Å². The summed E-state index contributed by atoms with van der Waals surface area (Å²) in [5, 5.41) is 12.8. The molecule has 0 aliphatic rings. The second-order valence-electron chi connectivity index (χ2n) is 4.34. The molecule has 0 aromatic carbocycles. The Bertz CT molecular complexity index is 559. The van der Waals surface area contributed by atoms with E-state index >= 15 is 0 Å². The van der Waals surface area contributed by atoms with E-state index in [0.717, 1.165) is 28.1 Å². The summed E-state index contributed by atoms with van der Waals surface area (Å²) < 4.78 is 3.00. The summed E-state index contributed by atoms with van der Waals surface area (Å²) in [5.41, 5.74) is 5.69. The van der Waals surface area contributed by atoms with Crippen LogP contribution in [0.4, 0.5) is 0 Å². The van der Waals surface area contributed by atoms with Gasteiger partial charge in [-0.15, -0.1) is 0 Å². The van der Waals surface area contributed by atoms with Gasteiger partial charge >= 0.3 is 0 Å². The molecule has 104 valence electrons. The molecule has 0 amide bonds. The van der Waals surface area contributed by atoms with E-state index in [1.54, 1.807) is 13.2 Å². The fourth-order valence-corrected chi connectivity index (χ4v) is 2.47. The van der Waals surface area contributed by atoms with Crippen LogP contribution in [0.2, 0.25) is 0 Å². The Kier molecular flexibility index (Phi) is 4.33. The molecule has 8 heteroatoms. The quantitative estimate of drug-likeness (QED) is 0.628. The number of nitrogens with zero attached hydrogens (tertiary/aromatic N) is 5. The molecule has 2 aromatic rings. The van der Waals surface area contributed by atoms with Crippen LogP contribution in [0.15, 0.2) is 10.7 Å². The Balaban J connectivity index is 2.28. The highest BCUT2D eigenvalue weighted by atomic mass is 79.9. The number of aromatic nitrogens is 5. The van der Waals surface area contributed by atoms with Crippen molar-refractivity contribution in [2.24, 2.45) is 12.9 Å². The first kappa shape index (κ1) is 14.2. The monoisotopic (exact) mass is 327 g/mol. The molecule has 7 nitrogen and oxygen atoms in total. The molecule has 1 atom stereocenters. The van der Waals surface area contributed by atoms with Gasteiger partial charge in [-0.05, 0) is 29.8 Å². The molecule has 0 saturated heterocycles. The zero-order chi connectivity index (χ0) is 14.0. The van der Waals surface area contributed by atoms with E-state index in [-0.39, 0.29) is 6.04 Å². The fraction of sp³-hybridized carbons (Fsp3) is 0.545. The summed E-state index contributed by atoms with van der Waals surface area (Å²) in [5.74, 6) is 5.64. The smallest absolute Gasteiger partial charge is 0.101 e. The molecule has 0 bridgehead atoms. The molecule has 0 aliphatic carbocycles. The molecule has 0 spiro atoms. The van der Waals surface area contributed by atoms with Crippen LogP contribution in [0.25, 0.3) is 0 Å². The van der Waals surface area contributed by atoms with Crippen LogP contribution in [0.5, 0.6) is 0 Å². The fourth-order valence-electron chi connectivity index (χ4n) is 2.03. The van der Waals surface area contributed by atoms with E-state index in [0.29, 0.717) is 6.42 Å². The van der Waals surface area contributed by atoms with E-state index in [1.807, 2.05) is 11.6 Å². The standard InChI is InChI=1S/C11H18BrN7/c1-4-19-10(11(12)7(2)16-19)5-8(15-13)9-6-14-18(3)17-9/h6,8,15H,4-5,13H2,1-3H3. The topological polar surface area (TPSA) is 86.6 Å². The number of rotatable bonds is 5. The minimum Gasteiger partial charge on any atom is -0.271 e. The van der Waals surface area contributed by atoms with Gasteiger partial charge in [0, 0.05) is 20.0 Å². The third kappa shape index (κ3) is 2.85. The van der Waals surface area contributed by atoms with Crippen LogP contribution in [0, 0.1) is 6.92 Å². The molecular weight excluding hydrogens is 310 g/mol. The van der Waals surface area contributed by atoms with E-state index in [1.165, 1.54) is 4.80 Å². The summed E-state index contributed by atoms with van der Waals surface area (Å²) in [6.45, 7) is 4.86. The van der Waals surface area contributed by atoms with Gasteiger partial charge in [0.2, 0.25) is 0 Å². The van der Waals surface area contributed by atoms with Crippen molar-refractivity contribution in [3.8, 4) is 0 Å². The highest BCUT2D eigenvalue weighted by molar-refractivity contribution is 9.10. The molecule has 0 aliphatic heterocycles. The average Bonchev–Trinajstić information content (AvgIpc) is 2.93. The molecule has 2 rings (SSSR count). The normalized spacial score (nSPS) is 12.9. The van der Waals surface area contributed by atoms with Crippen molar-refractivity contribution in [2.75, 3.05) is 0 Å². The third-order valence-corrected chi connectivity index (χ3v) is 4.06. The van der Waals surface area contributed by atoms with Crippen molar-refractivity contribution in [1.29, 1.82) is 0 Å². The maximum absolute atomic E-state index is 5.64. The van der Waals surface area contributed by atoms with Gasteiger partial charge in [0.25, 0.3) is 0 Å². The zero-order valence-corrected chi connectivity index (χ0v) is 12.8. The number of hydrogen-bond acceptors (Lipinski definition) is 5. The SMILES string of the molecule is CCn1nc(C)c(Br)c1CC(NN)c1cnn(C)n1. The van der Waals surface area contributed by atoms with Crippen molar-refractivity contribution < 1.29 is 0 Å². The maximum atomic E-state index is 5.64. The summed E-state index contributed by atoms with van der Waals surface area (Å²) in [7, 11) is 1.79. The van der Waals surface area contributed by atoms with Crippen LogP contribution in [0.3, 0.4) is 0 Å². The number of halogens is 1. The van der Waals surface area contributed by atoms with Crippen LogP contribution >= 0.6 is 15.9 Å². The summed E-state index contributed by atoms with van der Waals surface area (Å²) in [4.78, 5) is 1.52. The Morgan fingerprint density at radius 3 is 2.74 bits per heavy atom. The van der Waals surface area contributed by atoms with Crippen LogP contribution < -0.4 is 11.3 Å². The second kappa shape index (κ2) is 5.81. The van der Waals surface area contributed by atoms with Crippen LogP contribution in [-0.2, 0) is 20.0 Å². The Hall–Kier alpha value is -1.25. The number of hydrazine groups is 1. The van der Waals surface area contributed by atoms with Gasteiger partial charge < -0.3 is 0 Å². The minimum atomic E-state index is -0.0913. The second-order valence-corrected chi connectivity index (χ2v) is 5.14. The first-order chi connectivity index (χ1) is 9.06. The summed E-state index contributed by atoms with van der Waals surface area (Å²) >= 11 is 3.58. The molecule has 2 aromatic heterocycles. The number of nitrogens with one attached hydrogen (secondary N) is 1. The lowest BCUT2D eigenvalue weighted by Gasteiger charge is -2.14. The van der Waals surface area contributed by atoms with E-state index in [4.69, 9.17) is 5.84 Å². The molecule has 0 fully saturated rings. The molecule has 2 heterocycles. The largest absolute Gasteiger partial charge is 0.271 e. The van der Waals surface area contributed by atoms with Gasteiger partial charge in [0.1, 0.15) is 5.69 Å². The third-order valence-electron chi connectivity index (χ3n) is 3.03. The number of aryl methyl sites for hydroxylation is 3. The van der Waals surface area contributed by atoms with Crippen molar-refractivity contribution in [3.63, 3.8) is 0 Å².